The average Bonchev–Trinajstić information content (AvgIpc) is 2.01. The van der Waals surface area contributed by atoms with E-state index in [2.05, 4.69) is 13.3 Å². The summed E-state index contributed by atoms with van der Waals surface area (Å²) < 4.78 is 29.0. The summed E-state index contributed by atoms with van der Waals surface area (Å²) in [5.41, 5.74) is 0. The van der Waals surface area contributed by atoms with Crippen LogP contribution in [0.1, 0.15) is 45.4 Å². The van der Waals surface area contributed by atoms with Crippen LogP contribution in [0, 0.1) is 6.42 Å². The van der Waals surface area contributed by atoms with Crippen molar-refractivity contribution in [1.82, 2.24) is 0 Å². The average molecular weight is 207 g/mol. The second-order valence-electron chi connectivity index (χ2n) is 3.21. The third-order valence-corrected chi connectivity index (χ3v) is 2.63. The lowest BCUT2D eigenvalue weighted by molar-refractivity contribution is 0.480. The van der Waals surface area contributed by atoms with Crippen molar-refractivity contribution in [2.75, 3.05) is 5.75 Å². The molecule has 0 aromatic carbocycles. The van der Waals surface area contributed by atoms with E-state index in [0.29, 0.717) is 6.42 Å². The number of hydrogen-bond acceptors (Lipinski definition) is 2. The van der Waals surface area contributed by atoms with Gasteiger partial charge in [-0.05, 0) is 19.3 Å². The summed E-state index contributed by atoms with van der Waals surface area (Å²) in [5, 5.41) is 0. The minimum absolute atomic E-state index is 0.114. The Kier molecular flexibility index (Phi) is 7.28. The first-order chi connectivity index (χ1) is 6.06. The molecule has 0 amide bonds. The first-order valence-electron chi connectivity index (χ1n) is 4.83. The predicted octanol–water partition coefficient (Wildman–Crippen LogP) is 2.44. The van der Waals surface area contributed by atoms with Crippen molar-refractivity contribution in [1.29, 1.82) is 0 Å². The van der Waals surface area contributed by atoms with Crippen LogP contribution in [-0.2, 0) is 10.1 Å². The third kappa shape index (κ3) is 11.9. The highest BCUT2D eigenvalue weighted by atomic mass is 32.2. The molecule has 0 saturated heterocycles. The first-order valence-corrected chi connectivity index (χ1v) is 6.44. The van der Waals surface area contributed by atoms with E-state index in [4.69, 9.17) is 4.55 Å². The molecule has 0 spiro atoms. The molecule has 0 aliphatic rings. The molecule has 0 aromatic rings. The Morgan fingerprint density at radius 1 is 1.15 bits per heavy atom. The highest BCUT2D eigenvalue weighted by molar-refractivity contribution is 7.85. The van der Waals surface area contributed by atoms with Crippen molar-refractivity contribution in [2.24, 2.45) is 0 Å². The van der Waals surface area contributed by atoms with E-state index in [0.717, 1.165) is 12.8 Å². The fourth-order valence-corrected chi connectivity index (χ4v) is 1.62. The Balaban J connectivity index is 3.09. The van der Waals surface area contributed by atoms with Gasteiger partial charge in [-0.15, -0.1) is 0 Å². The van der Waals surface area contributed by atoms with E-state index in [1.807, 2.05) is 0 Å². The highest BCUT2D eigenvalue weighted by Gasteiger charge is 2.02. The quantitative estimate of drug-likeness (QED) is 0.491. The lowest BCUT2D eigenvalue weighted by Crippen LogP contribution is -2.03. The number of hydrogen-bond donors (Lipinski definition) is 1. The third-order valence-electron chi connectivity index (χ3n) is 1.82. The Bertz CT molecular complexity index is 197. The molecule has 13 heavy (non-hydrogen) atoms. The zero-order valence-electron chi connectivity index (χ0n) is 8.20. The van der Waals surface area contributed by atoms with Crippen LogP contribution < -0.4 is 0 Å². The molecule has 3 nitrogen and oxygen atoms in total. The lowest BCUT2D eigenvalue weighted by Gasteiger charge is -1.99. The monoisotopic (exact) mass is 207 g/mol. The van der Waals surface area contributed by atoms with E-state index < -0.39 is 10.1 Å². The molecule has 0 aromatic heterocycles. The fourth-order valence-electron chi connectivity index (χ4n) is 1.09. The summed E-state index contributed by atoms with van der Waals surface area (Å²) >= 11 is 0. The number of unbranched alkanes of at least 4 members (excludes halogenated alkanes) is 6. The molecule has 0 bridgehead atoms. The van der Waals surface area contributed by atoms with Crippen LogP contribution >= 0.6 is 0 Å². The van der Waals surface area contributed by atoms with Gasteiger partial charge < -0.3 is 0 Å². The Morgan fingerprint density at radius 3 is 2.31 bits per heavy atom. The Morgan fingerprint density at radius 2 is 1.77 bits per heavy atom. The SMILES string of the molecule is CCCCC[CH]CCCS(=O)(=O)O. The van der Waals surface area contributed by atoms with Gasteiger partial charge in [0, 0.05) is 0 Å². The molecule has 0 heterocycles. The van der Waals surface area contributed by atoms with Crippen LogP contribution in [0.5, 0.6) is 0 Å². The summed E-state index contributed by atoms with van der Waals surface area (Å²) in [4.78, 5) is 0. The highest BCUT2D eigenvalue weighted by Crippen LogP contribution is 2.06. The molecule has 0 fully saturated rings. The Labute approximate surface area is 81.3 Å². The second kappa shape index (κ2) is 7.33. The van der Waals surface area contributed by atoms with Gasteiger partial charge in [-0.1, -0.05) is 32.6 Å². The van der Waals surface area contributed by atoms with E-state index in [9.17, 15) is 8.42 Å². The molecule has 79 valence electrons. The normalized spacial score (nSPS) is 11.8. The fraction of sp³-hybridized carbons (Fsp3) is 0.889. The van der Waals surface area contributed by atoms with Crippen molar-refractivity contribution in [3.05, 3.63) is 6.42 Å². The molecule has 0 atom stereocenters. The summed E-state index contributed by atoms with van der Waals surface area (Å²) in [7, 11) is -3.74. The minimum Gasteiger partial charge on any atom is -0.286 e. The smallest absolute Gasteiger partial charge is 0.264 e. The number of rotatable bonds is 8. The van der Waals surface area contributed by atoms with Crippen LogP contribution in [0.2, 0.25) is 0 Å². The second-order valence-corrected chi connectivity index (χ2v) is 4.78. The van der Waals surface area contributed by atoms with Gasteiger partial charge in [0.1, 0.15) is 0 Å². The van der Waals surface area contributed by atoms with Gasteiger partial charge in [0.2, 0.25) is 0 Å². The summed E-state index contributed by atoms with van der Waals surface area (Å²) in [5.74, 6) is -0.114. The molecule has 0 unspecified atom stereocenters. The zero-order chi connectivity index (χ0) is 10.2. The largest absolute Gasteiger partial charge is 0.286 e. The standard InChI is InChI=1S/C9H19O3S/c1-2-3-4-5-6-7-8-9-13(10,11)12/h6H,2-5,7-9H2,1H3,(H,10,11,12). The van der Waals surface area contributed by atoms with E-state index in [-0.39, 0.29) is 5.75 Å². The maximum atomic E-state index is 10.3. The van der Waals surface area contributed by atoms with Crippen LogP contribution in [-0.4, -0.2) is 18.7 Å². The van der Waals surface area contributed by atoms with Gasteiger partial charge in [0.15, 0.2) is 0 Å². The van der Waals surface area contributed by atoms with Gasteiger partial charge in [-0.3, -0.25) is 4.55 Å². The van der Waals surface area contributed by atoms with E-state index >= 15 is 0 Å². The molecule has 0 saturated carbocycles. The molecular formula is C9H19O3S. The molecule has 1 N–H and O–H groups in total. The van der Waals surface area contributed by atoms with Crippen LogP contribution in [0.3, 0.4) is 0 Å². The van der Waals surface area contributed by atoms with Gasteiger partial charge >= 0.3 is 0 Å². The minimum atomic E-state index is -3.74. The maximum Gasteiger partial charge on any atom is 0.264 e. The topological polar surface area (TPSA) is 54.4 Å². The predicted molar refractivity (Wildman–Crippen MR) is 54.1 cm³/mol. The van der Waals surface area contributed by atoms with Crippen molar-refractivity contribution in [3.8, 4) is 0 Å². The summed E-state index contributed by atoms with van der Waals surface area (Å²) in [6.07, 6.45) is 8.09. The van der Waals surface area contributed by atoms with Crippen LogP contribution in [0.25, 0.3) is 0 Å². The van der Waals surface area contributed by atoms with Crippen molar-refractivity contribution >= 4 is 10.1 Å². The molecular weight excluding hydrogens is 188 g/mol. The molecule has 4 heteroatoms. The molecule has 0 aliphatic heterocycles. The summed E-state index contributed by atoms with van der Waals surface area (Å²) in [6, 6.07) is 0. The van der Waals surface area contributed by atoms with Crippen molar-refractivity contribution in [3.63, 3.8) is 0 Å². The molecule has 0 aliphatic carbocycles. The van der Waals surface area contributed by atoms with Gasteiger partial charge in [0.05, 0.1) is 5.75 Å². The van der Waals surface area contributed by atoms with Gasteiger partial charge in [-0.25, -0.2) is 0 Å². The molecule has 0 rings (SSSR count). The summed E-state index contributed by atoms with van der Waals surface area (Å²) in [6.45, 7) is 2.15. The van der Waals surface area contributed by atoms with Crippen molar-refractivity contribution in [2.45, 2.75) is 45.4 Å². The first kappa shape index (κ1) is 12.9. The van der Waals surface area contributed by atoms with Gasteiger partial charge in [-0.2, -0.15) is 8.42 Å². The zero-order valence-corrected chi connectivity index (χ0v) is 9.02. The van der Waals surface area contributed by atoms with E-state index in [1.54, 1.807) is 0 Å². The Hall–Kier alpha value is -0.0900. The maximum absolute atomic E-state index is 10.3. The van der Waals surface area contributed by atoms with Gasteiger partial charge in [0.25, 0.3) is 10.1 Å². The van der Waals surface area contributed by atoms with Crippen molar-refractivity contribution < 1.29 is 13.0 Å². The van der Waals surface area contributed by atoms with E-state index in [1.165, 1.54) is 19.3 Å². The van der Waals surface area contributed by atoms with Crippen LogP contribution in [0.15, 0.2) is 0 Å². The van der Waals surface area contributed by atoms with Crippen LogP contribution in [0.4, 0.5) is 0 Å². The lowest BCUT2D eigenvalue weighted by atomic mass is 10.1. The molecule has 1 radical (unpaired) electrons.